The minimum atomic E-state index is 0.248. The molecule has 0 radical (unpaired) electrons. The van der Waals surface area contributed by atoms with Crippen LogP contribution in [0.15, 0.2) is 0 Å². The van der Waals surface area contributed by atoms with Gasteiger partial charge in [-0.25, -0.2) is 0 Å². The van der Waals surface area contributed by atoms with Crippen LogP contribution in [0.25, 0.3) is 0 Å². The van der Waals surface area contributed by atoms with Gasteiger partial charge in [0.1, 0.15) is 0 Å². The fourth-order valence-electron chi connectivity index (χ4n) is 3.46. The van der Waals surface area contributed by atoms with E-state index in [4.69, 9.17) is 10.5 Å². The highest BCUT2D eigenvalue weighted by Crippen LogP contribution is 2.39. The Morgan fingerprint density at radius 2 is 1.83 bits per heavy atom. The zero-order chi connectivity index (χ0) is 13.0. The van der Waals surface area contributed by atoms with Gasteiger partial charge in [-0.1, -0.05) is 6.92 Å². The maximum atomic E-state index is 6.04. The number of nitrogens with two attached hydrogens (primary N) is 1. The number of nitrogens with zero attached hydrogens (tertiary/aromatic N) is 2. The molecule has 2 aliphatic rings. The molecule has 18 heavy (non-hydrogen) atoms. The van der Waals surface area contributed by atoms with Crippen molar-refractivity contribution in [1.29, 1.82) is 0 Å². The smallest absolute Gasteiger partial charge is 0.0611 e. The molecule has 1 aliphatic heterocycles. The van der Waals surface area contributed by atoms with Crippen LogP contribution in [0.5, 0.6) is 0 Å². The van der Waals surface area contributed by atoms with E-state index in [1.54, 1.807) is 0 Å². The minimum absolute atomic E-state index is 0.248. The van der Waals surface area contributed by atoms with Crippen LogP contribution in [0, 0.1) is 0 Å². The lowest BCUT2D eigenvalue weighted by molar-refractivity contribution is -0.110. The Morgan fingerprint density at radius 3 is 2.33 bits per heavy atom. The second kappa shape index (κ2) is 6.33. The minimum Gasteiger partial charge on any atom is -0.378 e. The molecule has 1 saturated heterocycles. The number of rotatable bonds is 6. The Bertz CT molecular complexity index is 245. The van der Waals surface area contributed by atoms with Crippen molar-refractivity contribution in [3.63, 3.8) is 0 Å². The summed E-state index contributed by atoms with van der Waals surface area (Å²) in [6.45, 7) is 11.9. The van der Waals surface area contributed by atoms with Crippen molar-refractivity contribution in [2.45, 2.75) is 44.8 Å². The molecule has 0 bridgehead atoms. The highest BCUT2D eigenvalue weighted by molar-refractivity contribution is 5.05. The Balaban J connectivity index is 1.81. The second-order valence-electron chi connectivity index (χ2n) is 5.74. The Hall–Kier alpha value is -0.160. The molecule has 1 aliphatic carbocycles. The summed E-state index contributed by atoms with van der Waals surface area (Å²) in [6, 6.07) is 0. The quantitative estimate of drug-likeness (QED) is 0.766. The van der Waals surface area contributed by atoms with E-state index in [0.717, 1.165) is 26.0 Å². The number of hydrogen-bond donors (Lipinski definition) is 1. The van der Waals surface area contributed by atoms with E-state index in [1.165, 1.54) is 39.1 Å². The van der Waals surface area contributed by atoms with Gasteiger partial charge in [0, 0.05) is 44.9 Å². The number of piperazine rings is 1. The van der Waals surface area contributed by atoms with Crippen LogP contribution in [0.1, 0.15) is 33.1 Å². The molecular weight excluding hydrogens is 226 g/mol. The van der Waals surface area contributed by atoms with Gasteiger partial charge in [-0.2, -0.15) is 0 Å². The summed E-state index contributed by atoms with van der Waals surface area (Å²) in [7, 11) is 0. The van der Waals surface area contributed by atoms with Gasteiger partial charge < -0.3 is 15.4 Å². The molecule has 1 heterocycles. The van der Waals surface area contributed by atoms with Crippen molar-refractivity contribution >= 4 is 0 Å². The van der Waals surface area contributed by atoms with Crippen LogP contribution in [-0.4, -0.2) is 67.3 Å². The van der Waals surface area contributed by atoms with E-state index in [9.17, 15) is 0 Å². The van der Waals surface area contributed by atoms with Gasteiger partial charge in [0.15, 0.2) is 0 Å². The highest BCUT2D eigenvalue weighted by Gasteiger charge is 2.48. The summed E-state index contributed by atoms with van der Waals surface area (Å²) >= 11 is 0. The molecule has 106 valence electrons. The fraction of sp³-hybridized carbons (Fsp3) is 1.00. The zero-order valence-electron chi connectivity index (χ0n) is 12.0. The molecule has 4 nitrogen and oxygen atoms in total. The second-order valence-corrected chi connectivity index (χ2v) is 5.74. The average molecular weight is 255 g/mol. The lowest BCUT2D eigenvalue weighted by Crippen LogP contribution is -2.67. The predicted octanol–water partition coefficient (Wildman–Crippen LogP) is 0.910. The van der Waals surface area contributed by atoms with E-state index >= 15 is 0 Å². The van der Waals surface area contributed by atoms with Crippen LogP contribution in [-0.2, 0) is 4.74 Å². The summed E-state index contributed by atoms with van der Waals surface area (Å²) in [5, 5.41) is 0. The molecule has 0 amide bonds. The largest absolute Gasteiger partial charge is 0.378 e. The molecule has 2 fully saturated rings. The van der Waals surface area contributed by atoms with Crippen molar-refractivity contribution in [3.8, 4) is 0 Å². The first-order chi connectivity index (χ1) is 8.74. The molecule has 2 rings (SSSR count). The summed E-state index contributed by atoms with van der Waals surface area (Å²) in [4.78, 5) is 5.19. The van der Waals surface area contributed by atoms with Gasteiger partial charge in [0.25, 0.3) is 0 Å². The molecule has 0 unspecified atom stereocenters. The van der Waals surface area contributed by atoms with Gasteiger partial charge in [-0.15, -0.1) is 0 Å². The van der Waals surface area contributed by atoms with Crippen molar-refractivity contribution in [1.82, 2.24) is 9.80 Å². The topological polar surface area (TPSA) is 41.7 Å². The SMILES string of the molecule is CCCN1CCN(C2(CN)CC(OCC)C2)CC1. The highest BCUT2D eigenvalue weighted by atomic mass is 16.5. The summed E-state index contributed by atoms with van der Waals surface area (Å²) in [6.07, 6.45) is 3.97. The van der Waals surface area contributed by atoms with Gasteiger partial charge in [-0.05, 0) is 32.7 Å². The van der Waals surface area contributed by atoms with Gasteiger partial charge in [0.05, 0.1) is 6.10 Å². The van der Waals surface area contributed by atoms with Crippen molar-refractivity contribution < 1.29 is 4.74 Å². The molecule has 0 aromatic rings. The van der Waals surface area contributed by atoms with Gasteiger partial charge in [-0.3, -0.25) is 4.90 Å². The average Bonchev–Trinajstić information content (AvgIpc) is 2.35. The molecule has 0 atom stereocenters. The fourth-order valence-corrected chi connectivity index (χ4v) is 3.46. The van der Waals surface area contributed by atoms with Gasteiger partial charge in [0.2, 0.25) is 0 Å². The van der Waals surface area contributed by atoms with Crippen LogP contribution >= 0.6 is 0 Å². The Labute approximate surface area is 111 Å². The maximum absolute atomic E-state index is 6.04. The van der Waals surface area contributed by atoms with E-state index in [0.29, 0.717) is 6.10 Å². The first-order valence-corrected chi connectivity index (χ1v) is 7.53. The summed E-state index contributed by atoms with van der Waals surface area (Å²) in [5.41, 5.74) is 6.29. The van der Waals surface area contributed by atoms with Crippen LogP contribution in [0.2, 0.25) is 0 Å². The van der Waals surface area contributed by atoms with Crippen molar-refractivity contribution in [2.75, 3.05) is 45.9 Å². The third-order valence-electron chi connectivity index (χ3n) is 4.58. The van der Waals surface area contributed by atoms with Crippen molar-refractivity contribution in [3.05, 3.63) is 0 Å². The van der Waals surface area contributed by atoms with E-state index in [-0.39, 0.29) is 5.54 Å². The predicted molar refractivity (Wildman–Crippen MR) is 74.7 cm³/mol. The third kappa shape index (κ3) is 2.87. The number of hydrogen-bond acceptors (Lipinski definition) is 4. The zero-order valence-corrected chi connectivity index (χ0v) is 12.0. The normalized spacial score (nSPS) is 34.5. The van der Waals surface area contributed by atoms with Crippen LogP contribution < -0.4 is 5.73 Å². The van der Waals surface area contributed by atoms with E-state index in [2.05, 4.69) is 23.6 Å². The first-order valence-electron chi connectivity index (χ1n) is 7.53. The number of ether oxygens (including phenoxy) is 1. The third-order valence-corrected chi connectivity index (χ3v) is 4.58. The Morgan fingerprint density at radius 1 is 1.17 bits per heavy atom. The molecule has 1 saturated carbocycles. The van der Waals surface area contributed by atoms with E-state index < -0.39 is 0 Å². The van der Waals surface area contributed by atoms with Crippen LogP contribution in [0.4, 0.5) is 0 Å². The Kier molecular flexibility index (Phi) is 5.01. The molecule has 0 spiro atoms. The summed E-state index contributed by atoms with van der Waals surface area (Å²) in [5.74, 6) is 0. The van der Waals surface area contributed by atoms with Gasteiger partial charge >= 0.3 is 0 Å². The molecular formula is C14H29N3O. The molecule has 0 aromatic heterocycles. The molecule has 4 heteroatoms. The lowest BCUT2D eigenvalue weighted by atomic mass is 9.72. The molecule has 2 N–H and O–H groups in total. The summed E-state index contributed by atoms with van der Waals surface area (Å²) < 4.78 is 5.69. The monoisotopic (exact) mass is 255 g/mol. The standard InChI is InChI=1S/C14H29N3O/c1-3-5-16-6-8-17(9-7-16)14(12-15)10-13(11-14)18-4-2/h13H,3-12,15H2,1-2H3. The van der Waals surface area contributed by atoms with Crippen molar-refractivity contribution in [2.24, 2.45) is 5.73 Å². The molecule has 0 aromatic carbocycles. The maximum Gasteiger partial charge on any atom is 0.0611 e. The lowest BCUT2D eigenvalue weighted by Gasteiger charge is -2.55. The van der Waals surface area contributed by atoms with E-state index in [1.807, 2.05) is 0 Å². The van der Waals surface area contributed by atoms with Crippen LogP contribution in [0.3, 0.4) is 0 Å². The first kappa shape index (κ1) is 14.3.